The van der Waals surface area contributed by atoms with E-state index in [-0.39, 0.29) is 24.8 Å². The third-order valence-electron chi connectivity index (χ3n) is 5.84. The Morgan fingerprint density at radius 3 is 2.58 bits per heavy atom. The van der Waals surface area contributed by atoms with E-state index < -0.39 is 0 Å². The zero-order valence-corrected chi connectivity index (χ0v) is 16.6. The van der Waals surface area contributed by atoms with Crippen LogP contribution in [0.3, 0.4) is 0 Å². The van der Waals surface area contributed by atoms with Gasteiger partial charge < -0.3 is 15.2 Å². The lowest BCUT2D eigenvalue weighted by molar-refractivity contribution is 0.115. The maximum atomic E-state index is 4.39. The molecule has 4 nitrogen and oxygen atoms in total. The molecule has 140 valence electrons. The van der Waals surface area contributed by atoms with E-state index in [1.54, 1.807) is 0 Å². The Morgan fingerprint density at radius 2 is 1.92 bits per heavy atom. The molecule has 0 aromatic carbocycles. The summed E-state index contributed by atoms with van der Waals surface area (Å²) in [5.74, 6) is 1.21. The van der Waals surface area contributed by atoms with Gasteiger partial charge in [0.2, 0.25) is 0 Å². The first-order valence-corrected chi connectivity index (χ1v) is 9.25. The van der Waals surface area contributed by atoms with Gasteiger partial charge in [-0.15, -0.1) is 24.8 Å². The van der Waals surface area contributed by atoms with E-state index in [1.165, 1.54) is 63.9 Å². The summed E-state index contributed by atoms with van der Waals surface area (Å²) >= 11 is 0. The van der Waals surface area contributed by atoms with E-state index in [4.69, 9.17) is 0 Å². The van der Waals surface area contributed by atoms with Gasteiger partial charge in [-0.2, -0.15) is 0 Å². The van der Waals surface area contributed by atoms with Crippen LogP contribution in [0.5, 0.6) is 0 Å². The lowest BCUT2D eigenvalue weighted by atomic mass is 9.67. The smallest absolute Gasteiger partial charge is 0.108 e. The van der Waals surface area contributed by atoms with Crippen LogP contribution in [0.1, 0.15) is 57.7 Å². The third-order valence-corrected chi connectivity index (χ3v) is 5.84. The number of halogens is 2. The number of rotatable bonds is 6. The predicted molar refractivity (Wildman–Crippen MR) is 106 cm³/mol. The molecule has 1 saturated heterocycles. The fourth-order valence-corrected chi connectivity index (χ4v) is 4.31. The molecule has 24 heavy (non-hydrogen) atoms. The van der Waals surface area contributed by atoms with Crippen LogP contribution in [0.2, 0.25) is 0 Å². The molecule has 0 bridgehead atoms. The van der Waals surface area contributed by atoms with Gasteiger partial charge in [0.25, 0.3) is 0 Å². The minimum absolute atomic E-state index is 0. The third kappa shape index (κ3) is 5.62. The van der Waals surface area contributed by atoms with Crippen LogP contribution in [0.25, 0.3) is 0 Å². The second kappa shape index (κ2) is 10.6. The molecule has 1 spiro atoms. The van der Waals surface area contributed by atoms with Crippen LogP contribution < -0.4 is 10.6 Å². The standard InChI is InChI=1S/C18H32N4.2ClH/c1-2-17-21-13-15-22(17)14-3-10-20-16-4-6-18(7-5-16)8-11-19-12-9-18;;/h13,15-16,19-20H,2-12,14H2,1H3;2*1H. The quantitative estimate of drug-likeness (QED) is 0.745. The molecule has 1 aliphatic carbocycles. The fraction of sp³-hybridized carbons (Fsp3) is 0.833. The number of imidazole rings is 1. The maximum absolute atomic E-state index is 4.39. The molecule has 1 aromatic rings. The largest absolute Gasteiger partial charge is 0.335 e. The summed E-state index contributed by atoms with van der Waals surface area (Å²) in [5, 5.41) is 7.30. The number of hydrogen-bond donors (Lipinski definition) is 2. The van der Waals surface area contributed by atoms with Crippen molar-refractivity contribution in [3.05, 3.63) is 18.2 Å². The van der Waals surface area contributed by atoms with Gasteiger partial charge in [0, 0.05) is 31.4 Å². The minimum Gasteiger partial charge on any atom is -0.335 e. The van der Waals surface area contributed by atoms with Crippen LogP contribution in [0.4, 0.5) is 0 Å². The second-order valence-electron chi connectivity index (χ2n) is 7.22. The molecule has 0 unspecified atom stereocenters. The second-order valence-corrected chi connectivity index (χ2v) is 7.22. The highest BCUT2D eigenvalue weighted by atomic mass is 35.5. The van der Waals surface area contributed by atoms with E-state index in [1.807, 2.05) is 6.20 Å². The Bertz CT molecular complexity index is 448. The van der Waals surface area contributed by atoms with Gasteiger partial charge in [-0.25, -0.2) is 4.98 Å². The van der Waals surface area contributed by atoms with Crippen molar-refractivity contribution in [2.24, 2.45) is 5.41 Å². The van der Waals surface area contributed by atoms with E-state index in [2.05, 4.69) is 33.3 Å². The first-order valence-electron chi connectivity index (χ1n) is 9.25. The molecule has 1 saturated carbocycles. The molecule has 2 aliphatic rings. The van der Waals surface area contributed by atoms with Gasteiger partial charge >= 0.3 is 0 Å². The molecule has 1 aliphatic heterocycles. The van der Waals surface area contributed by atoms with E-state index in [9.17, 15) is 0 Å². The predicted octanol–water partition coefficient (Wildman–Crippen LogP) is 3.58. The number of hydrogen-bond acceptors (Lipinski definition) is 3. The molecule has 2 N–H and O–H groups in total. The Morgan fingerprint density at radius 1 is 1.21 bits per heavy atom. The molecular formula is C18H34Cl2N4. The summed E-state index contributed by atoms with van der Waals surface area (Å²) in [7, 11) is 0. The molecule has 0 radical (unpaired) electrons. The summed E-state index contributed by atoms with van der Waals surface area (Å²) in [6, 6.07) is 0.758. The van der Waals surface area contributed by atoms with Gasteiger partial charge in [0.05, 0.1) is 0 Å². The highest BCUT2D eigenvalue weighted by Gasteiger charge is 2.35. The maximum Gasteiger partial charge on any atom is 0.108 e. The van der Waals surface area contributed by atoms with Crippen molar-refractivity contribution < 1.29 is 0 Å². The van der Waals surface area contributed by atoms with Crippen molar-refractivity contribution in [2.75, 3.05) is 19.6 Å². The molecule has 6 heteroatoms. The van der Waals surface area contributed by atoms with Gasteiger partial charge in [0.15, 0.2) is 0 Å². The van der Waals surface area contributed by atoms with Crippen molar-refractivity contribution in [1.29, 1.82) is 0 Å². The van der Waals surface area contributed by atoms with Crippen molar-refractivity contribution in [3.63, 3.8) is 0 Å². The molecule has 2 heterocycles. The zero-order valence-electron chi connectivity index (χ0n) is 14.9. The number of piperidine rings is 1. The van der Waals surface area contributed by atoms with E-state index >= 15 is 0 Å². The fourth-order valence-electron chi connectivity index (χ4n) is 4.31. The minimum atomic E-state index is 0. The number of nitrogens with one attached hydrogen (secondary N) is 2. The summed E-state index contributed by atoms with van der Waals surface area (Å²) < 4.78 is 2.30. The van der Waals surface area contributed by atoms with Gasteiger partial charge in [-0.3, -0.25) is 0 Å². The number of nitrogens with zero attached hydrogens (tertiary/aromatic N) is 2. The van der Waals surface area contributed by atoms with Crippen LogP contribution in [-0.2, 0) is 13.0 Å². The Hall–Kier alpha value is -0.290. The van der Waals surface area contributed by atoms with E-state index in [0.29, 0.717) is 5.41 Å². The van der Waals surface area contributed by atoms with Crippen molar-refractivity contribution in [2.45, 2.75) is 70.9 Å². The van der Waals surface area contributed by atoms with Crippen LogP contribution in [0, 0.1) is 5.41 Å². The Labute approximate surface area is 159 Å². The topological polar surface area (TPSA) is 41.9 Å². The zero-order chi connectivity index (χ0) is 15.3. The number of aromatic nitrogens is 2. The average Bonchev–Trinajstić information content (AvgIpc) is 3.02. The lowest BCUT2D eigenvalue weighted by Gasteiger charge is -2.43. The highest BCUT2D eigenvalue weighted by Crippen LogP contribution is 2.43. The number of aryl methyl sites for hydroxylation is 2. The normalized spacial score (nSPS) is 20.4. The first kappa shape index (κ1) is 21.8. The summed E-state index contributed by atoms with van der Waals surface area (Å²) in [6.07, 6.45) is 14.7. The molecular weight excluding hydrogens is 343 g/mol. The molecule has 2 fully saturated rings. The molecule has 0 atom stereocenters. The van der Waals surface area contributed by atoms with Gasteiger partial charge in [0.1, 0.15) is 5.82 Å². The van der Waals surface area contributed by atoms with Crippen molar-refractivity contribution in [3.8, 4) is 0 Å². The summed E-state index contributed by atoms with van der Waals surface area (Å²) in [4.78, 5) is 4.39. The summed E-state index contributed by atoms with van der Waals surface area (Å²) in [5.41, 5.74) is 0.691. The molecule has 3 rings (SSSR count). The molecule has 1 aromatic heterocycles. The monoisotopic (exact) mass is 376 g/mol. The first-order chi connectivity index (χ1) is 10.8. The molecule has 0 amide bonds. The Kier molecular flexibility index (Phi) is 9.65. The van der Waals surface area contributed by atoms with Gasteiger partial charge in [-0.05, 0) is 70.0 Å². The Balaban J connectivity index is 0.00000144. The lowest BCUT2D eigenvalue weighted by Crippen LogP contribution is -2.43. The van der Waals surface area contributed by atoms with Crippen molar-refractivity contribution in [1.82, 2.24) is 20.2 Å². The van der Waals surface area contributed by atoms with Crippen LogP contribution in [-0.4, -0.2) is 35.2 Å². The summed E-state index contributed by atoms with van der Waals surface area (Å²) in [6.45, 7) is 6.89. The van der Waals surface area contributed by atoms with Gasteiger partial charge in [-0.1, -0.05) is 6.92 Å². The van der Waals surface area contributed by atoms with E-state index in [0.717, 1.165) is 25.6 Å². The average molecular weight is 377 g/mol. The van der Waals surface area contributed by atoms with Crippen molar-refractivity contribution >= 4 is 24.8 Å². The highest BCUT2D eigenvalue weighted by molar-refractivity contribution is 5.85. The SMILES string of the molecule is CCc1nccn1CCCNC1CCC2(CCNCC2)CC1.Cl.Cl. The van der Waals surface area contributed by atoms with Crippen LogP contribution >= 0.6 is 24.8 Å². The van der Waals surface area contributed by atoms with Crippen LogP contribution in [0.15, 0.2) is 12.4 Å².